The fourth-order valence-corrected chi connectivity index (χ4v) is 4.00. The quantitative estimate of drug-likeness (QED) is 0.463. The van der Waals surface area contributed by atoms with Crippen LogP contribution in [-0.4, -0.2) is 48.1 Å². The molecule has 2 aromatic rings. The zero-order chi connectivity index (χ0) is 21.3. The Hall–Kier alpha value is -3.19. The Morgan fingerprint density at radius 1 is 1.23 bits per heavy atom. The number of hydrogen-bond donors (Lipinski definition) is 1. The van der Waals surface area contributed by atoms with Gasteiger partial charge in [0.05, 0.1) is 24.8 Å². The van der Waals surface area contributed by atoms with Gasteiger partial charge in [-0.1, -0.05) is 12.1 Å². The summed E-state index contributed by atoms with van der Waals surface area (Å²) in [7, 11) is 1.53. The number of likely N-dealkylation sites (tertiary alicyclic amines) is 1. The number of Topliss-reactive ketones (excluding diaryl/α,β-unsaturated/α-hetero) is 1. The number of methoxy groups -OCH3 is 1. The molecule has 2 saturated heterocycles. The van der Waals surface area contributed by atoms with E-state index in [0.717, 1.165) is 12.8 Å². The zero-order valence-corrected chi connectivity index (χ0v) is 16.5. The molecule has 0 saturated carbocycles. The van der Waals surface area contributed by atoms with Gasteiger partial charge in [0.2, 0.25) is 0 Å². The standard InChI is InChI=1S/C23H22FNO5/c1-29-17-5-2-4-15(12-17)20-19(21(26)14-7-9-16(24)10-8-14)22(27)23(28)25(20)13-18-6-3-11-30-18/h2,4-5,7-10,12,18,20,26H,3,6,11,13H2,1H3/t18-,20+/m0/s1. The second-order valence-electron chi connectivity index (χ2n) is 7.37. The van der Waals surface area contributed by atoms with E-state index in [9.17, 15) is 19.1 Å². The van der Waals surface area contributed by atoms with Gasteiger partial charge in [-0.05, 0) is 54.8 Å². The van der Waals surface area contributed by atoms with Gasteiger partial charge in [-0.15, -0.1) is 0 Å². The summed E-state index contributed by atoms with van der Waals surface area (Å²) in [6, 6.07) is 11.4. The highest BCUT2D eigenvalue weighted by Crippen LogP contribution is 2.40. The number of rotatable bonds is 5. The number of hydrogen-bond acceptors (Lipinski definition) is 5. The summed E-state index contributed by atoms with van der Waals surface area (Å²) in [6.45, 7) is 0.862. The molecule has 2 heterocycles. The molecule has 30 heavy (non-hydrogen) atoms. The number of amides is 1. The highest BCUT2D eigenvalue weighted by atomic mass is 19.1. The van der Waals surface area contributed by atoms with Crippen LogP contribution in [0.1, 0.15) is 30.0 Å². The van der Waals surface area contributed by atoms with E-state index in [-0.39, 0.29) is 29.5 Å². The number of carbonyl (C=O) groups excluding carboxylic acids is 2. The Morgan fingerprint density at radius 3 is 2.67 bits per heavy atom. The van der Waals surface area contributed by atoms with E-state index in [1.54, 1.807) is 24.3 Å². The fourth-order valence-electron chi connectivity index (χ4n) is 4.00. The van der Waals surface area contributed by atoms with Crippen molar-refractivity contribution in [3.8, 4) is 5.75 Å². The number of aliphatic hydroxyl groups is 1. The molecule has 0 unspecified atom stereocenters. The highest BCUT2D eigenvalue weighted by Gasteiger charge is 2.47. The number of halogens is 1. The maximum absolute atomic E-state index is 13.3. The summed E-state index contributed by atoms with van der Waals surface area (Å²) >= 11 is 0. The molecule has 1 amide bonds. The third kappa shape index (κ3) is 3.68. The number of nitrogens with zero attached hydrogens (tertiary/aromatic N) is 1. The van der Waals surface area contributed by atoms with Gasteiger partial charge in [0.1, 0.15) is 17.3 Å². The van der Waals surface area contributed by atoms with Crippen molar-refractivity contribution in [3.05, 3.63) is 71.0 Å². The second-order valence-corrected chi connectivity index (χ2v) is 7.37. The number of benzene rings is 2. The summed E-state index contributed by atoms with van der Waals surface area (Å²) in [4.78, 5) is 27.3. The molecule has 2 aliphatic heterocycles. The number of ether oxygens (including phenoxy) is 2. The minimum atomic E-state index is -0.797. The van der Waals surface area contributed by atoms with E-state index in [1.807, 2.05) is 0 Å². The molecule has 0 spiro atoms. The van der Waals surface area contributed by atoms with E-state index in [0.29, 0.717) is 17.9 Å². The summed E-state index contributed by atoms with van der Waals surface area (Å²) in [6.07, 6.45) is 1.53. The van der Waals surface area contributed by atoms with E-state index in [2.05, 4.69) is 0 Å². The third-order valence-electron chi connectivity index (χ3n) is 5.49. The maximum atomic E-state index is 13.3. The summed E-state index contributed by atoms with van der Waals surface area (Å²) in [5, 5.41) is 10.9. The summed E-state index contributed by atoms with van der Waals surface area (Å²) in [5.41, 5.74) is 0.868. The Bertz CT molecular complexity index is 995. The van der Waals surface area contributed by atoms with Crippen molar-refractivity contribution in [3.63, 3.8) is 0 Å². The lowest BCUT2D eigenvalue weighted by molar-refractivity contribution is -0.140. The molecule has 156 valence electrons. The Labute approximate surface area is 173 Å². The minimum Gasteiger partial charge on any atom is -0.507 e. The molecular formula is C23H22FNO5. The van der Waals surface area contributed by atoms with Gasteiger partial charge in [-0.2, -0.15) is 0 Å². The van der Waals surface area contributed by atoms with Crippen LogP contribution in [-0.2, 0) is 14.3 Å². The highest BCUT2D eigenvalue weighted by molar-refractivity contribution is 6.46. The molecular weight excluding hydrogens is 389 g/mol. The lowest BCUT2D eigenvalue weighted by atomic mass is 9.95. The van der Waals surface area contributed by atoms with Crippen molar-refractivity contribution >= 4 is 17.4 Å². The van der Waals surface area contributed by atoms with Crippen molar-refractivity contribution in [2.75, 3.05) is 20.3 Å². The van der Waals surface area contributed by atoms with Crippen molar-refractivity contribution < 1.29 is 28.6 Å². The van der Waals surface area contributed by atoms with Crippen LogP contribution in [0.3, 0.4) is 0 Å². The minimum absolute atomic E-state index is 0.0298. The molecule has 4 rings (SSSR count). The number of ketones is 1. The van der Waals surface area contributed by atoms with E-state index < -0.39 is 23.5 Å². The second kappa shape index (κ2) is 8.28. The Morgan fingerprint density at radius 2 is 2.00 bits per heavy atom. The van der Waals surface area contributed by atoms with Gasteiger partial charge in [0, 0.05) is 18.7 Å². The first kappa shape index (κ1) is 20.1. The van der Waals surface area contributed by atoms with Crippen molar-refractivity contribution in [1.29, 1.82) is 0 Å². The first-order chi connectivity index (χ1) is 14.5. The van der Waals surface area contributed by atoms with Gasteiger partial charge in [-0.3, -0.25) is 9.59 Å². The zero-order valence-electron chi connectivity index (χ0n) is 16.5. The van der Waals surface area contributed by atoms with Crippen LogP contribution in [0.4, 0.5) is 4.39 Å². The van der Waals surface area contributed by atoms with E-state index in [1.165, 1.54) is 36.3 Å². The molecule has 2 fully saturated rings. The molecule has 0 aromatic heterocycles. The normalized spacial score (nSPS) is 23.2. The van der Waals surface area contributed by atoms with Crippen molar-refractivity contribution in [2.24, 2.45) is 0 Å². The average molecular weight is 411 g/mol. The smallest absolute Gasteiger partial charge is 0.295 e. The Balaban J connectivity index is 1.83. The maximum Gasteiger partial charge on any atom is 0.295 e. The molecule has 2 aliphatic rings. The van der Waals surface area contributed by atoms with Gasteiger partial charge in [-0.25, -0.2) is 4.39 Å². The molecule has 0 radical (unpaired) electrons. The lowest BCUT2D eigenvalue weighted by Gasteiger charge is -2.27. The van der Waals surface area contributed by atoms with Crippen LogP contribution in [0.25, 0.3) is 5.76 Å². The monoisotopic (exact) mass is 411 g/mol. The summed E-state index contributed by atoms with van der Waals surface area (Å²) in [5.74, 6) is -1.70. The fraction of sp³-hybridized carbons (Fsp3) is 0.304. The topological polar surface area (TPSA) is 76.1 Å². The predicted molar refractivity (Wildman–Crippen MR) is 107 cm³/mol. The molecule has 2 atom stereocenters. The number of carbonyl (C=O) groups is 2. The van der Waals surface area contributed by atoms with E-state index >= 15 is 0 Å². The van der Waals surface area contributed by atoms with Crippen LogP contribution in [0.2, 0.25) is 0 Å². The SMILES string of the molecule is COc1cccc([C@@H]2C(=C(O)c3ccc(F)cc3)C(=O)C(=O)N2C[C@@H]2CCCO2)c1. The molecule has 0 bridgehead atoms. The average Bonchev–Trinajstić information content (AvgIpc) is 3.36. The van der Waals surface area contributed by atoms with Gasteiger partial charge in [0.15, 0.2) is 0 Å². The third-order valence-corrected chi connectivity index (χ3v) is 5.49. The van der Waals surface area contributed by atoms with E-state index in [4.69, 9.17) is 9.47 Å². The molecule has 6 nitrogen and oxygen atoms in total. The molecule has 0 aliphatic carbocycles. The van der Waals surface area contributed by atoms with Crippen LogP contribution < -0.4 is 4.74 Å². The van der Waals surface area contributed by atoms with Crippen molar-refractivity contribution in [2.45, 2.75) is 25.0 Å². The number of aliphatic hydroxyl groups excluding tert-OH is 1. The molecule has 7 heteroatoms. The molecule has 2 aromatic carbocycles. The van der Waals surface area contributed by atoms with Gasteiger partial charge >= 0.3 is 0 Å². The van der Waals surface area contributed by atoms with Crippen LogP contribution in [0, 0.1) is 5.82 Å². The van der Waals surface area contributed by atoms with Gasteiger partial charge in [0.25, 0.3) is 11.7 Å². The predicted octanol–water partition coefficient (Wildman–Crippen LogP) is 3.44. The first-order valence-electron chi connectivity index (χ1n) is 9.79. The van der Waals surface area contributed by atoms with Crippen LogP contribution >= 0.6 is 0 Å². The van der Waals surface area contributed by atoms with Crippen molar-refractivity contribution in [1.82, 2.24) is 4.90 Å². The van der Waals surface area contributed by atoms with Crippen LogP contribution in [0.5, 0.6) is 5.75 Å². The summed E-state index contributed by atoms with van der Waals surface area (Å²) < 4.78 is 24.3. The molecule has 1 N–H and O–H groups in total. The lowest BCUT2D eigenvalue weighted by Crippen LogP contribution is -2.36. The largest absolute Gasteiger partial charge is 0.507 e. The van der Waals surface area contributed by atoms with Crippen LogP contribution in [0.15, 0.2) is 54.1 Å². The first-order valence-corrected chi connectivity index (χ1v) is 9.79. The van der Waals surface area contributed by atoms with Gasteiger partial charge < -0.3 is 19.5 Å². The Kier molecular flexibility index (Phi) is 5.55.